The van der Waals surface area contributed by atoms with E-state index < -0.39 is 55.1 Å². The SMILES string of the molecule is CNC(=O)CCC(=O)CC[C@H](NC(=O)CCOCCOCCOCCOCCNC(=O)C1O[C@H](CCC(=O)Cn2cc(COCCOCCOCC[18F])nn2)[C@H](O)C(O)[C@@H]1O)C(=O)CCC(=O)NC. The number of amides is 4. The zero-order valence-electron chi connectivity index (χ0n) is 39.6. The van der Waals surface area contributed by atoms with Crippen LogP contribution in [0.15, 0.2) is 6.20 Å². The van der Waals surface area contributed by atoms with E-state index in [1.165, 1.54) is 18.8 Å². The molecule has 1 fully saturated rings. The van der Waals surface area contributed by atoms with Gasteiger partial charge in [-0.15, -0.1) is 5.10 Å². The van der Waals surface area contributed by atoms with Crippen LogP contribution in [-0.2, 0) is 84.6 Å². The molecule has 1 aliphatic heterocycles. The van der Waals surface area contributed by atoms with Crippen molar-refractivity contribution in [2.45, 2.75) is 108 Å². The average Bonchev–Trinajstić information content (AvgIpc) is 3.79. The van der Waals surface area contributed by atoms with Crippen LogP contribution in [0.3, 0.4) is 0 Å². The highest BCUT2D eigenvalue weighted by Gasteiger charge is 2.46. The summed E-state index contributed by atoms with van der Waals surface area (Å²) in [5.41, 5.74) is 0.482. The van der Waals surface area contributed by atoms with Gasteiger partial charge >= 0.3 is 0 Å². The Hall–Kier alpha value is -4.48. The van der Waals surface area contributed by atoms with Crippen molar-refractivity contribution < 1.29 is 91.2 Å². The number of hydrogen-bond donors (Lipinski definition) is 7. The molecule has 6 atom stereocenters. The summed E-state index contributed by atoms with van der Waals surface area (Å²) >= 11 is 0. The number of nitrogens with zero attached hydrogens (tertiary/aromatic N) is 3. The third-order valence-electron chi connectivity index (χ3n) is 10.2. The van der Waals surface area contributed by atoms with Gasteiger partial charge in [0.15, 0.2) is 17.7 Å². The van der Waals surface area contributed by atoms with Crippen molar-refractivity contribution in [1.29, 1.82) is 0 Å². The van der Waals surface area contributed by atoms with Gasteiger partial charge in [-0.25, -0.2) is 9.07 Å². The maximum Gasteiger partial charge on any atom is 0.252 e. The first-order valence-corrected chi connectivity index (χ1v) is 23.0. The van der Waals surface area contributed by atoms with Crippen LogP contribution in [0.5, 0.6) is 0 Å². The number of hydrogen-bond acceptors (Lipinski definition) is 20. The zero-order chi connectivity index (χ0) is 50.7. The van der Waals surface area contributed by atoms with Crippen LogP contribution in [-0.4, -0.2) is 221 Å². The molecule has 0 radical (unpaired) electrons. The standard InChI is InChI=1S/C43H72FN7O18/c1-45-36(55)9-5-31(52)3-6-33(34(54)7-10-37(56)46-2)48-38(57)11-14-62-17-20-65-23-24-66-22-19-64-16-13-47-43(61)42-41(60)40(59)39(58)35(69-42)8-4-32(53)28-51-27-30(49-50-51)29-68-26-25-67-21-18-63-15-12-44/h27,33,35,39-42,58-60H,3-26,28-29H2,1-2H3,(H,45,55)(H,46,56)(H,47,61)(H,48,57)/t33-,35+,39-,40?,41-,42?/m0/s1/i44-1. The first-order valence-electron chi connectivity index (χ1n) is 23.0. The number of halogens is 1. The van der Waals surface area contributed by atoms with Crippen molar-refractivity contribution >= 4 is 41.0 Å². The second kappa shape index (κ2) is 37.4. The monoisotopic (exact) mass is 992 g/mol. The highest BCUT2D eigenvalue weighted by molar-refractivity contribution is 5.92. The molecule has 0 bridgehead atoms. The van der Waals surface area contributed by atoms with Gasteiger partial charge in [0.05, 0.1) is 111 Å². The summed E-state index contributed by atoms with van der Waals surface area (Å²) in [7, 11) is 2.91. The molecule has 0 spiro atoms. The molecule has 1 aliphatic rings. The number of aliphatic hydroxyl groups is 3. The van der Waals surface area contributed by atoms with Gasteiger partial charge in [0.2, 0.25) is 17.7 Å². The van der Waals surface area contributed by atoms with Crippen LogP contribution in [0.25, 0.3) is 0 Å². The Morgan fingerprint density at radius 1 is 0.652 bits per heavy atom. The fourth-order valence-electron chi connectivity index (χ4n) is 6.32. The number of ketones is 3. The third kappa shape index (κ3) is 27.5. The van der Waals surface area contributed by atoms with Crippen LogP contribution in [0.4, 0.5) is 4.39 Å². The van der Waals surface area contributed by atoms with E-state index in [2.05, 4.69) is 31.6 Å². The number of rotatable bonds is 42. The van der Waals surface area contributed by atoms with Crippen molar-refractivity contribution in [3.8, 4) is 0 Å². The number of carbonyl (C=O) groups excluding carboxylic acids is 7. The molecule has 1 aromatic rings. The summed E-state index contributed by atoms with van der Waals surface area (Å²) in [6.07, 6.45) is -6.38. The van der Waals surface area contributed by atoms with Gasteiger partial charge in [0, 0.05) is 65.6 Å². The van der Waals surface area contributed by atoms with E-state index >= 15 is 0 Å². The lowest BCUT2D eigenvalue weighted by atomic mass is 9.92. The number of carbonyl (C=O) groups is 7. The van der Waals surface area contributed by atoms with Gasteiger partial charge in [-0.2, -0.15) is 0 Å². The van der Waals surface area contributed by atoms with Crippen molar-refractivity contribution in [2.24, 2.45) is 0 Å². The largest absolute Gasteiger partial charge is 0.388 e. The molecular formula is C43H72FN7O18. The first-order chi connectivity index (χ1) is 33.3. The molecule has 26 heteroatoms. The Labute approximate surface area is 400 Å². The van der Waals surface area contributed by atoms with Gasteiger partial charge in [0.25, 0.3) is 5.91 Å². The summed E-state index contributed by atoms with van der Waals surface area (Å²) < 4.78 is 56.5. The molecule has 0 aliphatic carbocycles. The van der Waals surface area contributed by atoms with Crippen molar-refractivity contribution in [1.82, 2.24) is 36.3 Å². The highest BCUT2D eigenvalue weighted by Crippen LogP contribution is 2.24. The molecule has 69 heavy (non-hydrogen) atoms. The van der Waals surface area contributed by atoms with Crippen LogP contribution >= 0.6 is 0 Å². The summed E-state index contributed by atoms with van der Waals surface area (Å²) in [6, 6.07) is -0.967. The molecular weight excluding hydrogens is 921 g/mol. The molecule has 4 amide bonds. The third-order valence-corrected chi connectivity index (χ3v) is 10.2. The Bertz CT molecular complexity index is 1660. The van der Waals surface area contributed by atoms with Gasteiger partial charge < -0.3 is 74.5 Å². The Kier molecular flexibility index (Phi) is 32.8. The minimum atomic E-state index is -1.72. The molecule has 0 aromatic carbocycles. The number of alkyl halides is 1. The van der Waals surface area contributed by atoms with Crippen LogP contribution < -0.4 is 21.3 Å². The number of ether oxygens (including phenoxy) is 8. The maximum absolute atomic E-state index is 12.8. The van der Waals surface area contributed by atoms with E-state index in [9.17, 15) is 53.3 Å². The number of nitrogens with one attached hydrogen (secondary N) is 4. The Balaban J connectivity index is 1.54. The van der Waals surface area contributed by atoms with Crippen molar-refractivity contribution in [3.05, 3.63) is 11.9 Å². The number of aromatic nitrogens is 3. The van der Waals surface area contributed by atoms with E-state index in [4.69, 9.17) is 37.9 Å². The quantitative estimate of drug-likeness (QED) is 0.0322. The first kappa shape index (κ1) is 60.6. The van der Waals surface area contributed by atoms with Crippen LogP contribution in [0, 0.1) is 0 Å². The molecule has 2 rings (SSSR count). The van der Waals surface area contributed by atoms with Crippen LogP contribution in [0.2, 0.25) is 0 Å². The minimum Gasteiger partial charge on any atom is -0.388 e. The number of Topliss-reactive ketones (excluding diaryl/α,β-unsaturated/α-hetero) is 3. The molecule has 7 N–H and O–H groups in total. The summed E-state index contributed by atoms with van der Waals surface area (Å²) in [5, 5.41) is 49.3. The van der Waals surface area contributed by atoms with Gasteiger partial charge in [-0.05, 0) is 12.8 Å². The van der Waals surface area contributed by atoms with E-state index in [-0.39, 0.29) is 179 Å². The summed E-state index contributed by atoms with van der Waals surface area (Å²) in [4.78, 5) is 86.1. The Morgan fingerprint density at radius 3 is 1.83 bits per heavy atom. The predicted octanol–water partition coefficient (Wildman–Crippen LogP) is -2.97. The van der Waals surface area contributed by atoms with E-state index in [0.717, 1.165) is 0 Å². The molecule has 1 aromatic heterocycles. The topological polar surface area (TPSA) is 333 Å². The predicted molar refractivity (Wildman–Crippen MR) is 237 cm³/mol. The van der Waals surface area contributed by atoms with E-state index in [0.29, 0.717) is 18.9 Å². The second-order valence-corrected chi connectivity index (χ2v) is 15.5. The fourth-order valence-corrected chi connectivity index (χ4v) is 6.32. The highest BCUT2D eigenvalue weighted by atomic mass is 18.2. The zero-order valence-corrected chi connectivity index (χ0v) is 39.6. The summed E-state index contributed by atoms with van der Waals surface area (Å²) in [5.74, 6) is -2.72. The second-order valence-electron chi connectivity index (χ2n) is 15.5. The molecule has 1 saturated heterocycles. The van der Waals surface area contributed by atoms with Gasteiger partial charge in [0.1, 0.15) is 43.0 Å². The average molecular weight is 993 g/mol. The molecule has 2 unspecified atom stereocenters. The normalized spacial score (nSPS) is 18.3. The van der Waals surface area contributed by atoms with E-state index in [1.807, 2.05) is 0 Å². The van der Waals surface area contributed by atoms with Crippen molar-refractivity contribution in [2.75, 3.05) is 113 Å². The lowest BCUT2D eigenvalue weighted by molar-refractivity contribution is -0.221. The van der Waals surface area contributed by atoms with Crippen molar-refractivity contribution in [3.63, 3.8) is 0 Å². The van der Waals surface area contributed by atoms with E-state index in [1.54, 1.807) is 6.20 Å². The number of aliphatic hydroxyl groups excluding tert-OH is 3. The summed E-state index contributed by atoms with van der Waals surface area (Å²) in [6.45, 7) is 2.14. The molecule has 2 heterocycles. The molecule has 25 nitrogen and oxygen atoms in total. The fraction of sp³-hybridized carbons (Fsp3) is 0.791. The van der Waals surface area contributed by atoms with Gasteiger partial charge in [-0.3, -0.25) is 33.6 Å². The molecule has 0 saturated carbocycles. The Morgan fingerprint density at radius 2 is 1.22 bits per heavy atom. The maximum atomic E-state index is 12.8. The smallest absolute Gasteiger partial charge is 0.252 e. The lowest BCUT2D eigenvalue weighted by Crippen LogP contribution is -2.61. The lowest BCUT2D eigenvalue weighted by Gasteiger charge is -2.40. The minimum absolute atomic E-state index is 0.00845. The molecule has 394 valence electrons. The van der Waals surface area contributed by atoms with Crippen LogP contribution in [0.1, 0.15) is 63.5 Å². The van der Waals surface area contributed by atoms with Gasteiger partial charge in [-0.1, -0.05) is 5.21 Å².